The highest BCUT2D eigenvalue weighted by Crippen LogP contribution is 2.18. The molecular formula is C18H24N4S. The van der Waals surface area contributed by atoms with Gasteiger partial charge in [-0.1, -0.05) is 18.2 Å². The van der Waals surface area contributed by atoms with Crippen molar-refractivity contribution < 1.29 is 0 Å². The Balaban J connectivity index is 1.77. The smallest absolute Gasteiger partial charge is 0.198 e. The molecule has 0 atom stereocenters. The van der Waals surface area contributed by atoms with Crippen LogP contribution in [0, 0.1) is 13.8 Å². The van der Waals surface area contributed by atoms with Gasteiger partial charge in [0.05, 0.1) is 12.2 Å². The molecule has 0 spiro atoms. The number of anilines is 1. The topological polar surface area (TPSA) is 40.5 Å². The van der Waals surface area contributed by atoms with E-state index < -0.39 is 0 Å². The lowest BCUT2D eigenvalue weighted by Gasteiger charge is -2.30. The van der Waals surface area contributed by atoms with Crippen LogP contribution in [0.5, 0.6) is 0 Å². The van der Waals surface area contributed by atoms with E-state index in [4.69, 9.17) is 4.99 Å². The molecule has 0 aliphatic carbocycles. The SMILES string of the molecule is Cc1nc(CN=C(Nc2ccccc2)N2CCCCC2)sc1C. The van der Waals surface area contributed by atoms with Gasteiger partial charge in [-0.15, -0.1) is 11.3 Å². The summed E-state index contributed by atoms with van der Waals surface area (Å²) >= 11 is 1.74. The van der Waals surface area contributed by atoms with Crippen molar-refractivity contribution in [1.82, 2.24) is 9.88 Å². The number of benzene rings is 1. The van der Waals surface area contributed by atoms with Crippen molar-refractivity contribution in [1.29, 1.82) is 0 Å². The third kappa shape index (κ3) is 4.32. The lowest BCUT2D eigenvalue weighted by Crippen LogP contribution is -2.40. The Bertz CT molecular complexity index is 637. The summed E-state index contributed by atoms with van der Waals surface area (Å²) in [6, 6.07) is 10.3. The molecule has 3 rings (SSSR count). The molecule has 1 aliphatic rings. The number of guanidine groups is 1. The lowest BCUT2D eigenvalue weighted by molar-refractivity contribution is 0.340. The van der Waals surface area contributed by atoms with Crippen LogP contribution in [-0.2, 0) is 6.54 Å². The van der Waals surface area contributed by atoms with Crippen molar-refractivity contribution in [2.24, 2.45) is 4.99 Å². The molecule has 2 aromatic rings. The molecule has 4 nitrogen and oxygen atoms in total. The van der Waals surface area contributed by atoms with E-state index in [9.17, 15) is 0 Å². The number of aryl methyl sites for hydroxylation is 2. The average Bonchev–Trinajstić information content (AvgIpc) is 2.91. The van der Waals surface area contributed by atoms with Gasteiger partial charge in [0.15, 0.2) is 5.96 Å². The van der Waals surface area contributed by atoms with Gasteiger partial charge < -0.3 is 10.2 Å². The zero-order valence-corrected chi connectivity index (χ0v) is 14.7. The van der Waals surface area contributed by atoms with Crippen LogP contribution in [-0.4, -0.2) is 28.9 Å². The first-order valence-corrected chi connectivity index (χ1v) is 9.08. The van der Waals surface area contributed by atoms with Crippen molar-refractivity contribution >= 4 is 23.0 Å². The van der Waals surface area contributed by atoms with Gasteiger partial charge in [0.2, 0.25) is 0 Å². The molecule has 0 radical (unpaired) electrons. The minimum Gasteiger partial charge on any atom is -0.343 e. The molecular weight excluding hydrogens is 304 g/mol. The van der Waals surface area contributed by atoms with Crippen molar-refractivity contribution in [2.45, 2.75) is 39.7 Å². The summed E-state index contributed by atoms with van der Waals surface area (Å²) in [7, 11) is 0. The van der Waals surface area contributed by atoms with Gasteiger partial charge in [0.25, 0.3) is 0 Å². The molecule has 0 saturated carbocycles. The summed E-state index contributed by atoms with van der Waals surface area (Å²) in [6.07, 6.45) is 3.80. The second-order valence-corrected chi connectivity index (χ2v) is 7.22. The molecule has 1 aromatic heterocycles. The fourth-order valence-corrected chi connectivity index (χ4v) is 3.58. The molecule has 1 aliphatic heterocycles. The van der Waals surface area contributed by atoms with Crippen LogP contribution in [0.3, 0.4) is 0 Å². The quantitative estimate of drug-likeness (QED) is 0.677. The van der Waals surface area contributed by atoms with E-state index in [2.05, 4.69) is 41.2 Å². The number of nitrogens with one attached hydrogen (secondary N) is 1. The van der Waals surface area contributed by atoms with Gasteiger partial charge in [0, 0.05) is 23.7 Å². The highest BCUT2D eigenvalue weighted by Gasteiger charge is 2.15. The molecule has 5 heteroatoms. The minimum absolute atomic E-state index is 0.644. The summed E-state index contributed by atoms with van der Waals surface area (Å²) in [6.45, 7) is 6.98. The first-order valence-electron chi connectivity index (χ1n) is 8.27. The Morgan fingerprint density at radius 1 is 1.17 bits per heavy atom. The largest absolute Gasteiger partial charge is 0.343 e. The number of likely N-dealkylation sites (tertiary alicyclic amines) is 1. The second-order valence-electron chi connectivity index (χ2n) is 5.93. The maximum absolute atomic E-state index is 4.85. The Kier molecular flexibility index (Phi) is 5.28. The Hall–Kier alpha value is -1.88. The van der Waals surface area contributed by atoms with E-state index in [1.165, 1.54) is 24.1 Å². The number of para-hydroxylation sites is 1. The van der Waals surface area contributed by atoms with Crippen LogP contribution in [0.15, 0.2) is 35.3 Å². The average molecular weight is 328 g/mol. The van der Waals surface area contributed by atoms with Gasteiger partial charge in [-0.05, 0) is 45.2 Å². The van der Waals surface area contributed by atoms with Crippen LogP contribution in [0.1, 0.15) is 34.8 Å². The number of rotatable bonds is 3. The molecule has 2 heterocycles. The van der Waals surface area contributed by atoms with Gasteiger partial charge in [0.1, 0.15) is 5.01 Å². The third-order valence-corrected chi connectivity index (χ3v) is 5.18. The summed E-state index contributed by atoms with van der Waals surface area (Å²) in [5.41, 5.74) is 2.21. The van der Waals surface area contributed by atoms with Crippen molar-refractivity contribution in [3.63, 3.8) is 0 Å². The zero-order valence-electron chi connectivity index (χ0n) is 13.9. The number of nitrogens with zero attached hydrogens (tertiary/aromatic N) is 3. The van der Waals surface area contributed by atoms with E-state index in [1.807, 2.05) is 18.2 Å². The number of aliphatic imine (C=N–C) groups is 1. The fraction of sp³-hybridized carbons (Fsp3) is 0.444. The van der Waals surface area contributed by atoms with E-state index in [0.29, 0.717) is 6.54 Å². The Morgan fingerprint density at radius 3 is 2.57 bits per heavy atom. The predicted molar refractivity (Wildman–Crippen MR) is 98.2 cm³/mol. The first kappa shape index (κ1) is 16.0. The van der Waals surface area contributed by atoms with Crippen LogP contribution in [0.25, 0.3) is 0 Å². The van der Waals surface area contributed by atoms with E-state index in [-0.39, 0.29) is 0 Å². The van der Waals surface area contributed by atoms with Crippen molar-refractivity contribution in [3.05, 3.63) is 45.9 Å². The van der Waals surface area contributed by atoms with Gasteiger partial charge in [-0.25, -0.2) is 9.98 Å². The van der Waals surface area contributed by atoms with E-state index in [1.54, 1.807) is 11.3 Å². The van der Waals surface area contributed by atoms with Gasteiger partial charge >= 0.3 is 0 Å². The molecule has 1 fully saturated rings. The molecule has 0 amide bonds. The normalized spacial score (nSPS) is 15.7. The monoisotopic (exact) mass is 328 g/mol. The van der Waals surface area contributed by atoms with Crippen LogP contribution in [0.4, 0.5) is 5.69 Å². The van der Waals surface area contributed by atoms with Crippen molar-refractivity contribution in [3.8, 4) is 0 Å². The summed E-state index contributed by atoms with van der Waals surface area (Å²) in [5, 5.41) is 4.58. The zero-order chi connectivity index (χ0) is 16.1. The van der Waals surface area contributed by atoms with Crippen LogP contribution < -0.4 is 5.32 Å². The van der Waals surface area contributed by atoms with E-state index in [0.717, 1.165) is 35.4 Å². The molecule has 1 N–H and O–H groups in total. The number of piperidine rings is 1. The Morgan fingerprint density at radius 2 is 1.91 bits per heavy atom. The van der Waals surface area contributed by atoms with Crippen LogP contribution >= 0.6 is 11.3 Å². The number of thiazole rings is 1. The third-order valence-electron chi connectivity index (χ3n) is 4.12. The van der Waals surface area contributed by atoms with Gasteiger partial charge in [-0.3, -0.25) is 0 Å². The maximum atomic E-state index is 4.85. The van der Waals surface area contributed by atoms with Crippen molar-refractivity contribution in [2.75, 3.05) is 18.4 Å². The number of hydrogen-bond donors (Lipinski definition) is 1. The Labute approximate surface area is 142 Å². The lowest BCUT2D eigenvalue weighted by atomic mass is 10.1. The van der Waals surface area contributed by atoms with E-state index >= 15 is 0 Å². The standard InChI is InChI=1S/C18H24N4S/c1-14-15(2)23-17(20-14)13-19-18(22-11-7-4-8-12-22)21-16-9-5-3-6-10-16/h3,5-6,9-10H,4,7-8,11-13H2,1-2H3,(H,19,21). The molecule has 1 saturated heterocycles. The highest BCUT2D eigenvalue weighted by atomic mass is 32.1. The molecule has 1 aromatic carbocycles. The molecule has 23 heavy (non-hydrogen) atoms. The summed E-state index contributed by atoms with van der Waals surface area (Å²) in [5.74, 6) is 0.974. The number of aromatic nitrogens is 1. The summed E-state index contributed by atoms with van der Waals surface area (Å²) < 4.78 is 0. The summed E-state index contributed by atoms with van der Waals surface area (Å²) in [4.78, 5) is 13.1. The number of hydrogen-bond acceptors (Lipinski definition) is 3. The molecule has 0 bridgehead atoms. The van der Waals surface area contributed by atoms with Gasteiger partial charge in [-0.2, -0.15) is 0 Å². The fourth-order valence-electron chi connectivity index (χ4n) is 2.72. The van der Waals surface area contributed by atoms with Crippen LogP contribution in [0.2, 0.25) is 0 Å². The predicted octanol–water partition coefficient (Wildman–Crippen LogP) is 4.21. The second kappa shape index (κ2) is 7.59. The first-order chi connectivity index (χ1) is 11.2. The minimum atomic E-state index is 0.644. The molecule has 0 unspecified atom stereocenters. The highest BCUT2D eigenvalue weighted by molar-refractivity contribution is 7.11. The molecule has 122 valence electrons. The maximum Gasteiger partial charge on any atom is 0.198 e.